The van der Waals surface area contributed by atoms with Crippen molar-refractivity contribution >= 4 is 11.8 Å². The Labute approximate surface area is 155 Å². The van der Waals surface area contributed by atoms with Crippen LogP contribution in [0, 0.1) is 0 Å². The lowest BCUT2D eigenvalue weighted by atomic mass is 9.89. The van der Waals surface area contributed by atoms with E-state index in [4.69, 9.17) is 4.52 Å². The Bertz CT molecular complexity index is 591. The van der Waals surface area contributed by atoms with Gasteiger partial charge in [0.25, 0.3) is 0 Å². The third-order valence-electron chi connectivity index (χ3n) is 4.96. The highest BCUT2D eigenvalue weighted by Crippen LogP contribution is 2.34. The highest BCUT2D eigenvalue weighted by molar-refractivity contribution is 5.76. The van der Waals surface area contributed by atoms with Crippen molar-refractivity contribution < 1.29 is 14.1 Å². The Morgan fingerprint density at radius 2 is 1.92 bits per heavy atom. The quantitative estimate of drug-likeness (QED) is 0.691. The molecule has 2 amide bonds. The number of aryl methyl sites for hydroxylation is 1. The summed E-state index contributed by atoms with van der Waals surface area (Å²) in [7, 11) is 0. The Morgan fingerprint density at radius 3 is 2.54 bits per heavy atom. The maximum absolute atomic E-state index is 12.0. The summed E-state index contributed by atoms with van der Waals surface area (Å²) in [5, 5.41) is 10.2. The normalized spacial score (nSPS) is 18.0. The first kappa shape index (κ1) is 20.4. The zero-order valence-electron chi connectivity index (χ0n) is 16.3. The van der Waals surface area contributed by atoms with Gasteiger partial charge < -0.3 is 15.2 Å². The van der Waals surface area contributed by atoms with Crippen molar-refractivity contribution in [1.29, 1.82) is 0 Å². The van der Waals surface area contributed by atoms with E-state index < -0.39 is 5.54 Å². The van der Waals surface area contributed by atoms with Crippen LogP contribution in [0.1, 0.15) is 90.3 Å². The molecule has 0 aliphatic heterocycles. The number of amides is 2. The van der Waals surface area contributed by atoms with E-state index in [0.717, 1.165) is 51.4 Å². The summed E-state index contributed by atoms with van der Waals surface area (Å²) >= 11 is 0. The molecule has 1 fully saturated rings. The molecule has 1 aliphatic carbocycles. The molecule has 0 spiro atoms. The number of rotatable bonds is 8. The number of hydrogen-bond donors (Lipinski definition) is 2. The fourth-order valence-corrected chi connectivity index (χ4v) is 3.70. The molecule has 1 saturated carbocycles. The van der Waals surface area contributed by atoms with Gasteiger partial charge in [-0.25, -0.2) is 0 Å². The maximum Gasteiger partial charge on any atom is 0.227 e. The second-order valence-corrected chi connectivity index (χ2v) is 7.45. The monoisotopic (exact) mass is 364 g/mol. The third kappa shape index (κ3) is 5.81. The smallest absolute Gasteiger partial charge is 0.227 e. The first-order valence-corrected chi connectivity index (χ1v) is 9.86. The molecule has 26 heavy (non-hydrogen) atoms. The van der Waals surface area contributed by atoms with Crippen molar-refractivity contribution in [3.05, 3.63) is 11.7 Å². The van der Waals surface area contributed by atoms with Crippen LogP contribution in [-0.2, 0) is 21.5 Å². The first-order valence-electron chi connectivity index (χ1n) is 9.86. The van der Waals surface area contributed by atoms with Crippen LogP contribution in [-0.4, -0.2) is 28.0 Å². The summed E-state index contributed by atoms with van der Waals surface area (Å²) in [6.07, 6.45) is 8.75. The molecule has 7 heteroatoms. The van der Waals surface area contributed by atoms with Gasteiger partial charge in [-0.2, -0.15) is 4.98 Å². The highest BCUT2D eigenvalue weighted by Gasteiger charge is 2.38. The van der Waals surface area contributed by atoms with E-state index in [9.17, 15) is 9.59 Å². The van der Waals surface area contributed by atoms with Crippen LogP contribution in [0.2, 0.25) is 0 Å². The molecule has 1 aliphatic rings. The molecule has 1 aromatic rings. The van der Waals surface area contributed by atoms with Gasteiger partial charge in [-0.3, -0.25) is 9.59 Å². The van der Waals surface area contributed by atoms with Crippen LogP contribution in [0.5, 0.6) is 0 Å². The number of carbonyl (C=O) groups is 2. The molecule has 1 atom stereocenters. The van der Waals surface area contributed by atoms with Crippen molar-refractivity contribution in [3.63, 3.8) is 0 Å². The summed E-state index contributed by atoms with van der Waals surface area (Å²) in [5.41, 5.74) is -0.540. The number of aromatic nitrogens is 2. The predicted molar refractivity (Wildman–Crippen MR) is 98.3 cm³/mol. The molecule has 2 N–H and O–H groups in total. The number of nitrogens with zero attached hydrogens (tertiary/aromatic N) is 2. The lowest BCUT2D eigenvalue weighted by Gasteiger charge is -2.30. The molecule has 0 bridgehead atoms. The lowest BCUT2D eigenvalue weighted by Crippen LogP contribution is -2.45. The van der Waals surface area contributed by atoms with Gasteiger partial charge >= 0.3 is 0 Å². The Morgan fingerprint density at radius 1 is 1.23 bits per heavy atom. The van der Waals surface area contributed by atoms with Crippen molar-refractivity contribution in [2.24, 2.45) is 0 Å². The average molecular weight is 364 g/mol. The average Bonchev–Trinajstić information content (AvgIpc) is 2.93. The standard InChI is InChI=1S/C19H32N4O3/c1-4-9-14(2)20-16(25)10-11-17-21-18(23-26-17)19(22-15(3)24)12-7-5-6-8-13-19/h14H,4-13H2,1-3H3,(H,20,25)(H,22,24)/t14-/m0/s1. The molecule has 1 heterocycles. The number of hydrogen-bond acceptors (Lipinski definition) is 5. The van der Waals surface area contributed by atoms with Crippen molar-refractivity contribution in [2.45, 2.75) is 96.6 Å². The van der Waals surface area contributed by atoms with Gasteiger partial charge in [0.2, 0.25) is 17.7 Å². The maximum atomic E-state index is 12.0. The Hall–Kier alpha value is -1.92. The van der Waals surface area contributed by atoms with Gasteiger partial charge in [0.05, 0.1) is 0 Å². The van der Waals surface area contributed by atoms with E-state index in [-0.39, 0.29) is 17.9 Å². The molecule has 0 radical (unpaired) electrons. The van der Waals surface area contributed by atoms with E-state index in [1.54, 1.807) is 0 Å². The zero-order valence-corrected chi connectivity index (χ0v) is 16.3. The van der Waals surface area contributed by atoms with Gasteiger partial charge in [-0.1, -0.05) is 44.2 Å². The minimum Gasteiger partial charge on any atom is -0.354 e. The van der Waals surface area contributed by atoms with Crippen LogP contribution < -0.4 is 10.6 Å². The van der Waals surface area contributed by atoms with Crippen LogP contribution >= 0.6 is 0 Å². The minimum absolute atomic E-state index is 0.00302. The summed E-state index contributed by atoms with van der Waals surface area (Å²) < 4.78 is 5.38. The van der Waals surface area contributed by atoms with E-state index in [1.807, 2.05) is 6.92 Å². The highest BCUT2D eigenvalue weighted by atomic mass is 16.5. The molecule has 146 valence electrons. The lowest BCUT2D eigenvalue weighted by molar-refractivity contribution is -0.122. The SMILES string of the molecule is CCC[C@H](C)NC(=O)CCc1nc(C2(NC(C)=O)CCCCCC2)no1. The zero-order chi connectivity index (χ0) is 19.0. The third-order valence-corrected chi connectivity index (χ3v) is 4.96. The molecule has 0 saturated heterocycles. The fraction of sp³-hybridized carbons (Fsp3) is 0.789. The van der Waals surface area contributed by atoms with Crippen molar-refractivity contribution in [1.82, 2.24) is 20.8 Å². The molecule has 2 rings (SSSR count). The minimum atomic E-state index is -0.540. The molecule has 0 aromatic carbocycles. The van der Waals surface area contributed by atoms with E-state index in [0.29, 0.717) is 24.6 Å². The number of carbonyl (C=O) groups excluding carboxylic acids is 2. The molecule has 7 nitrogen and oxygen atoms in total. The van der Waals surface area contributed by atoms with Crippen LogP contribution in [0.3, 0.4) is 0 Å². The molecular formula is C19H32N4O3. The van der Waals surface area contributed by atoms with Gasteiger partial charge in [-0.05, 0) is 26.2 Å². The molecular weight excluding hydrogens is 332 g/mol. The Balaban J connectivity index is 1.99. The molecule has 1 aromatic heterocycles. The fourth-order valence-electron chi connectivity index (χ4n) is 3.70. The summed E-state index contributed by atoms with van der Waals surface area (Å²) in [4.78, 5) is 28.3. The van der Waals surface area contributed by atoms with Gasteiger partial charge in [-0.15, -0.1) is 0 Å². The summed E-state index contributed by atoms with van der Waals surface area (Å²) in [5.74, 6) is 0.913. The second kappa shape index (κ2) is 9.69. The van der Waals surface area contributed by atoms with Gasteiger partial charge in [0.15, 0.2) is 5.82 Å². The Kier molecular flexibility index (Phi) is 7.60. The van der Waals surface area contributed by atoms with E-state index >= 15 is 0 Å². The summed E-state index contributed by atoms with van der Waals surface area (Å²) in [6.45, 7) is 5.63. The second-order valence-electron chi connectivity index (χ2n) is 7.45. The van der Waals surface area contributed by atoms with E-state index in [1.165, 1.54) is 6.92 Å². The van der Waals surface area contributed by atoms with Crippen LogP contribution in [0.25, 0.3) is 0 Å². The van der Waals surface area contributed by atoms with E-state index in [2.05, 4.69) is 27.7 Å². The van der Waals surface area contributed by atoms with Gasteiger partial charge in [0.1, 0.15) is 5.54 Å². The first-order chi connectivity index (χ1) is 12.4. The summed E-state index contributed by atoms with van der Waals surface area (Å²) in [6, 6.07) is 0.180. The largest absolute Gasteiger partial charge is 0.354 e. The van der Waals surface area contributed by atoms with Gasteiger partial charge in [0, 0.05) is 25.8 Å². The topological polar surface area (TPSA) is 97.1 Å². The van der Waals surface area contributed by atoms with Crippen LogP contribution in [0.4, 0.5) is 0 Å². The van der Waals surface area contributed by atoms with Crippen molar-refractivity contribution in [2.75, 3.05) is 0 Å². The van der Waals surface area contributed by atoms with Crippen molar-refractivity contribution in [3.8, 4) is 0 Å². The van der Waals surface area contributed by atoms with Crippen LogP contribution in [0.15, 0.2) is 4.52 Å². The predicted octanol–water partition coefficient (Wildman–Crippen LogP) is 2.99. The number of nitrogens with one attached hydrogen (secondary N) is 2. The molecule has 0 unspecified atom stereocenters.